The smallest absolute Gasteiger partial charge is 0.198 e. The quantitative estimate of drug-likeness (QED) is 0.433. The van der Waals surface area contributed by atoms with Crippen molar-refractivity contribution < 1.29 is 8.42 Å². The number of rotatable bonds is 6. The average molecular weight is 459 g/mol. The van der Waals surface area contributed by atoms with E-state index >= 15 is 0 Å². The Kier molecular flexibility index (Phi) is 9.51. The van der Waals surface area contributed by atoms with Gasteiger partial charge >= 0.3 is 0 Å². The molecule has 2 aliphatic rings. The Hall–Kier alpha value is -1.49. The van der Waals surface area contributed by atoms with Gasteiger partial charge in [-0.1, -0.05) is 76.0 Å². The van der Waals surface area contributed by atoms with E-state index in [0.29, 0.717) is 16.9 Å². The summed E-state index contributed by atoms with van der Waals surface area (Å²) in [6.07, 6.45) is 20.4. The zero-order valence-corrected chi connectivity index (χ0v) is 21.0. The number of nitrogens with zero attached hydrogens (tertiary/aromatic N) is 2. The van der Waals surface area contributed by atoms with Gasteiger partial charge in [-0.15, -0.1) is 0 Å². The number of hydrogen-bond acceptors (Lipinski definition) is 4. The molecule has 0 radical (unpaired) electrons. The third-order valence-electron chi connectivity index (χ3n) is 7.17. The first-order chi connectivity index (χ1) is 15.4. The number of hydrogen-bond donors (Lipinski definition) is 0. The van der Waals surface area contributed by atoms with Crippen LogP contribution in [0.5, 0.6) is 0 Å². The Morgan fingerprint density at radius 1 is 0.938 bits per heavy atom. The highest BCUT2D eigenvalue weighted by molar-refractivity contribution is 7.91. The fourth-order valence-electron chi connectivity index (χ4n) is 5.13. The van der Waals surface area contributed by atoms with Gasteiger partial charge in [-0.05, 0) is 57.1 Å². The van der Waals surface area contributed by atoms with Crippen molar-refractivity contribution in [3.8, 4) is 0 Å². The van der Waals surface area contributed by atoms with Gasteiger partial charge in [0, 0.05) is 17.8 Å². The Balaban J connectivity index is 1.63. The van der Waals surface area contributed by atoms with Crippen LogP contribution in [-0.4, -0.2) is 32.8 Å². The topological polar surface area (TPSA) is 58.9 Å². The average Bonchev–Trinajstić information content (AvgIpc) is 2.71. The van der Waals surface area contributed by atoms with Crippen molar-refractivity contribution in [2.75, 3.05) is 5.88 Å². The van der Waals surface area contributed by atoms with Crippen molar-refractivity contribution in [1.29, 1.82) is 0 Å². The standard InChI is InChI=1S/C27H42N2O2S/c1-23-14-16-26(17-15-23)32(30,31)22-28-21-27(2)18-10-6-9-13-25(19-27)29-20-24-11-7-4-3-5-8-12-24/h14-17,20-21,24-25H,3-13,18-19,22H2,1-2H3/b28-21-,29-20-. The van der Waals surface area contributed by atoms with Crippen molar-refractivity contribution in [3.05, 3.63) is 29.8 Å². The minimum absolute atomic E-state index is 0.0911. The van der Waals surface area contributed by atoms with E-state index in [0.717, 1.165) is 24.8 Å². The first-order valence-electron chi connectivity index (χ1n) is 12.7. The van der Waals surface area contributed by atoms with Crippen molar-refractivity contribution in [2.24, 2.45) is 21.3 Å². The molecule has 32 heavy (non-hydrogen) atoms. The van der Waals surface area contributed by atoms with Crippen LogP contribution in [0, 0.1) is 18.3 Å². The summed E-state index contributed by atoms with van der Waals surface area (Å²) in [6, 6.07) is 7.36. The predicted octanol–water partition coefficient (Wildman–Crippen LogP) is 6.96. The highest BCUT2D eigenvalue weighted by atomic mass is 32.2. The second kappa shape index (κ2) is 12.1. The maximum atomic E-state index is 12.7. The first-order valence-corrected chi connectivity index (χ1v) is 14.4. The Bertz CT molecular complexity index is 852. The minimum atomic E-state index is -3.39. The fourth-order valence-corrected chi connectivity index (χ4v) is 6.10. The SMILES string of the molecule is Cc1ccc(S(=O)(=O)C/N=C\C2(C)CCCCCC(/N=C\C3CCCCCCC3)C2)cc1. The molecule has 0 bridgehead atoms. The Morgan fingerprint density at radius 2 is 1.56 bits per heavy atom. The van der Waals surface area contributed by atoms with E-state index in [1.807, 2.05) is 25.3 Å². The van der Waals surface area contributed by atoms with Crippen LogP contribution >= 0.6 is 0 Å². The molecule has 3 rings (SSSR count). The summed E-state index contributed by atoms with van der Waals surface area (Å²) in [6.45, 7) is 4.19. The fraction of sp³-hybridized carbons (Fsp3) is 0.704. The molecule has 0 aliphatic heterocycles. The van der Waals surface area contributed by atoms with E-state index < -0.39 is 9.84 Å². The van der Waals surface area contributed by atoms with E-state index in [4.69, 9.17) is 4.99 Å². The summed E-state index contributed by atoms with van der Waals surface area (Å²) in [5, 5.41) is 0. The van der Waals surface area contributed by atoms with Crippen molar-refractivity contribution in [1.82, 2.24) is 0 Å². The maximum Gasteiger partial charge on any atom is 0.198 e. The molecular formula is C27H42N2O2S. The molecule has 2 atom stereocenters. The summed E-state index contributed by atoms with van der Waals surface area (Å²) >= 11 is 0. The van der Waals surface area contributed by atoms with E-state index in [2.05, 4.69) is 18.1 Å². The van der Waals surface area contributed by atoms with Crippen molar-refractivity contribution >= 4 is 22.3 Å². The summed E-state index contributed by atoms with van der Waals surface area (Å²) in [7, 11) is -3.39. The largest absolute Gasteiger partial charge is 0.294 e. The third kappa shape index (κ3) is 8.13. The van der Waals surface area contributed by atoms with E-state index in [9.17, 15) is 8.42 Å². The minimum Gasteiger partial charge on any atom is -0.294 e. The molecule has 2 fully saturated rings. The molecule has 2 unspecified atom stereocenters. The number of benzene rings is 1. The molecule has 5 heteroatoms. The molecule has 2 saturated carbocycles. The molecule has 0 spiro atoms. The monoisotopic (exact) mass is 458 g/mol. The molecule has 0 heterocycles. The van der Waals surface area contributed by atoms with Gasteiger partial charge in [0.15, 0.2) is 9.84 Å². The molecular weight excluding hydrogens is 416 g/mol. The summed E-state index contributed by atoms with van der Waals surface area (Å²) in [5.74, 6) is 0.460. The summed E-state index contributed by atoms with van der Waals surface area (Å²) in [5.41, 5.74) is 0.965. The molecule has 0 saturated heterocycles. The number of aliphatic imine (C=N–C) groups is 2. The van der Waals surface area contributed by atoms with Crippen molar-refractivity contribution in [2.45, 2.75) is 108 Å². The molecule has 0 N–H and O–H groups in total. The van der Waals surface area contributed by atoms with Gasteiger partial charge in [0.2, 0.25) is 0 Å². The third-order valence-corrected chi connectivity index (χ3v) is 8.65. The lowest BCUT2D eigenvalue weighted by Gasteiger charge is -2.31. The number of aryl methyl sites for hydroxylation is 1. The lowest BCUT2D eigenvalue weighted by molar-refractivity contribution is 0.313. The predicted molar refractivity (Wildman–Crippen MR) is 136 cm³/mol. The first kappa shape index (κ1) is 25.1. The van der Waals surface area contributed by atoms with Crippen LogP contribution in [0.1, 0.15) is 96.0 Å². The van der Waals surface area contributed by atoms with E-state index in [1.54, 1.807) is 12.1 Å². The summed E-state index contributed by atoms with van der Waals surface area (Å²) < 4.78 is 25.3. The highest BCUT2D eigenvalue weighted by Crippen LogP contribution is 2.34. The van der Waals surface area contributed by atoms with Crippen LogP contribution in [0.15, 0.2) is 39.1 Å². The van der Waals surface area contributed by atoms with Crippen LogP contribution in [-0.2, 0) is 9.84 Å². The molecule has 1 aromatic rings. The Morgan fingerprint density at radius 3 is 2.28 bits per heavy atom. The van der Waals surface area contributed by atoms with Gasteiger partial charge in [0.05, 0.1) is 10.9 Å². The van der Waals surface area contributed by atoms with Gasteiger partial charge < -0.3 is 0 Å². The van der Waals surface area contributed by atoms with E-state index in [-0.39, 0.29) is 11.3 Å². The zero-order valence-electron chi connectivity index (χ0n) is 20.1. The van der Waals surface area contributed by atoms with Gasteiger partial charge in [0.1, 0.15) is 5.88 Å². The summed E-state index contributed by atoms with van der Waals surface area (Å²) in [4.78, 5) is 9.89. The molecule has 0 aromatic heterocycles. The van der Waals surface area contributed by atoms with Gasteiger partial charge in [-0.25, -0.2) is 8.42 Å². The second-order valence-corrected chi connectivity index (χ2v) is 12.3. The normalized spacial score (nSPS) is 27.1. The van der Waals surface area contributed by atoms with Crippen LogP contribution in [0.3, 0.4) is 0 Å². The van der Waals surface area contributed by atoms with Crippen molar-refractivity contribution in [3.63, 3.8) is 0 Å². The van der Waals surface area contributed by atoms with Gasteiger partial charge in [0.25, 0.3) is 0 Å². The lowest BCUT2D eigenvalue weighted by Crippen LogP contribution is -2.27. The van der Waals surface area contributed by atoms with E-state index in [1.165, 1.54) is 64.2 Å². The maximum absolute atomic E-state index is 12.7. The Labute approximate surface area is 195 Å². The second-order valence-electron chi connectivity index (χ2n) is 10.4. The molecule has 0 amide bonds. The van der Waals surface area contributed by atoms with Crippen LogP contribution in [0.25, 0.3) is 0 Å². The zero-order chi connectivity index (χ0) is 22.9. The molecule has 4 nitrogen and oxygen atoms in total. The highest BCUT2D eigenvalue weighted by Gasteiger charge is 2.28. The van der Waals surface area contributed by atoms with Crippen LogP contribution < -0.4 is 0 Å². The number of sulfone groups is 1. The lowest BCUT2D eigenvalue weighted by atomic mass is 9.77. The van der Waals surface area contributed by atoms with Crippen LogP contribution in [0.4, 0.5) is 0 Å². The molecule has 178 valence electrons. The van der Waals surface area contributed by atoms with Crippen LogP contribution in [0.2, 0.25) is 0 Å². The molecule has 1 aromatic carbocycles. The van der Waals surface area contributed by atoms with Gasteiger partial charge in [-0.2, -0.15) is 0 Å². The van der Waals surface area contributed by atoms with Gasteiger partial charge in [-0.3, -0.25) is 9.98 Å². The molecule has 2 aliphatic carbocycles.